The fourth-order valence-corrected chi connectivity index (χ4v) is 3.59. The van der Waals surface area contributed by atoms with Gasteiger partial charge in [0.25, 0.3) is 5.56 Å². The lowest BCUT2D eigenvalue weighted by Gasteiger charge is -2.24. The smallest absolute Gasteiger partial charge is 0.330 e. The second-order valence-corrected chi connectivity index (χ2v) is 7.78. The molecule has 8 nitrogen and oxygen atoms in total. The van der Waals surface area contributed by atoms with Gasteiger partial charge in [-0.2, -0.15) is 0 Å². The van der Waals surface area contributed by atoms with Crippen molar-refractivity contribution in [2.75, 3.05) is 10.6 Å². The minimum atomic E-state index is -0.709. The fraction of sp³-hybridized carbons (Fsp3) is 0.286. The highest BCUT2D eigenvalue weighted by Gasteiger charge is 2.25. The summed E-state index contributed by atoms with van der Waals surface area (Å²) in [6.45, 7) is 2.34. The highest BCUT2D eigenvalue weighted by atomic mass is 79.9. The molecule has 0 aliphatic rings. The molecular formula is C21H23BrN4O4. The third kappa shape index (κ3) is 4.91. The Balaban J connectivity index is 2.05. The molecule has 0 saturated heterocycles. The predicted molar refractivity (Wildman–Crippen MR) is 118 cm³/mol. The molecule has 0 aliphatic carbocycles. The maximum absolute atomic E-state index is 13.2. The molecule has 0 aliphatic heterocycles. The second-order valence-electron chi connectivity index (χ2n) is 6.86. The van der Waals surface area contributed by atoms with Crippen LogP contribution in [0.15, 0.2) is 61.1 Å². The Hall–Kier alpha value is -3.07. The fourth-order valence-electron chi connectivity index (χ4n) is 3.14. The van der Waals surface area contributed by atoms with Crippen molar-refractivity contribution in [3.05, 3.63) is 79.3 Å². The number of nitrogen functional groups attached to an aromatic ring is 1. The van der Waals surface area contributed by atoms with Crippen molar-refractivity contribution in [1.29, 1.82) is 0 Å². The van der Waals surface area contributed by atoms with Crippen LogP contribution in [-0.4, -0.2) is 15.5 Å². The number of nitrogens with two attached hydrogens (primary N) is 1. The number of aromatic nitrogens is 2. The molecular weight excluding hydrogens is 452 g/mol. The minimum Gasteiger partial charge on any atom is -0.467 e. The number of hydrogen-bond donors (Lipinski definition) is 2. The van der Waals surface area contributed by atoms with Crippen molar-refractivity contribution in [2.45, 2.75) is 39.3 Å². The van der Waals surface area contributed by atoms with Gasteiger partial charge >= 0.3 is 5.69 Å². The van der Waals surface area contributed by atoms with Crippen molar-refractivity contribution < 1.29 is 9.21 Å². The third-order valence-corrected chi connectivity index (χ3v) is 5.15. The van der Waals surface area contributed by atoms with Gasteiger partial charge in [0.05, 0.1) is 19.2 Å². The Morgan fingerprint density at radius 2 is 2.07 bits per heavy atom. The number of amides is 1. The molecule has 0 radical (unpaired) electrons. The summed E-state index contributed by atoms with van der Waals surface area (Å²) in [4.78, 5) is 41.7. The number of carbonyl (C=O) groups is 1. The predicted octanol–water partition coefficient (Wildman–Crippen LogP) is 3.05. The second kappa shape index (κ2) is 9.62. The van der Waals surface area contributed by atoms with Gasteiger partial charge in [-0.3, -0.25) is 24.0 Å². The van der Waals surface area contributed by atoms with Gasteiger partial charge in [-0.25, -0.2) is 4.79 Å². The zero-order valence-corrected chi connectivity index (χ0v) is 18.1. The van der Waals surface area contributed by atoms with E-state index in [2.05, 4.69) is 20.9 Å². The number of furan rings is 1. The maximum atomic E-state index is 13.2. The first-order chi connectivity index (χ1) is 14.4. The van der Waals surface area contributed by atoms with E-state index in [9.17, 15) is 14.4 Å². The first kappa shape index (κ1) is 21.6. The van der Waals surface area contributed by atoms with Gasteiger partial charge in [-0.05, 0) is 36.2 Å². The summed E-state index contributed by atoms with van der Waals surface area (Å²) < 4.78 is 7.52. The van der Waals surface area contributed by atoms with Crippen LogP contribution in [0, 0.1) is 0 Å². The van der Waals surface area contributed by atoms with Crippen LogP contribution in [0.5, 0.6) is 0 Å². The highest BCUT2D eigenvalue weighted by Crippen LogP contribution is 2.22. The van der Waals surface area contributed by atoms with E-state index in [0.29, 0.717) is 18.7 Å². The zero-order valence-electron chi connectivity index (χ0n) is 16.6. The van der Waals surface area contributed by atoms with Crippen LogP contribution in [0.1, 0.15) is 31.1 Å². The van der Waals surface area contributed by atoms with E-state index in [4.69, 9.17) is 10.2 Å². The number of nitrogens with one attached hydrogen (secondary N) is 1. The summed E-state index contributed by atoms with van der Waals surface area (Å²) in [5, 5.41) is 0. The lowest BCUT2D eigenvalue weighted by Crippen LogP contribution is -2.41. The maximum Gasteiger partial charge on any atom is 0.330 e. The van der Waals surface area contributed by atoms with Crippen LogP contribution in [0.2, 0.25) is 0 Å². The van der Waals surface area contributed by atoms with Crippen LogP contribution in [-0.2, 0) is 24.3 Å². The SMILES string of the molecule is CCCCn1c(N)c(N(Cc2ccco2)C(=O)Cc2cccc(Br)c2)c(=O)[nH]c1=O. The van der Waals surface area contributed by atoms with E-state index in [0.717, 1.165) is 16.5 Å². The van der Waals surface area contributed by atoms with Crippen molar-refractivity contribution >= 4 is 33.3 Å². The van der Waals surface area contributed by atoms with Gasteiger partial charge in [0.1, 0.15) is 11.6 Å². The van der Waals surface area contributed by atoms with Gasteiger partial charge in [0.2, 0.25) is 5.91 Å². The summed E-state index contributed by atoms with van der Waals surface area (Å²) in [6, 6.07) is 10.7. The van der Waals surface area contributed by atoms with Crippen LogP contribution in [0.3, 0.4) is 0 Å². The number of carbonyl (C=O) groups excluding carboxylic acids is 1. The Bertz CT molecular complexity index is 1130. The quantitative estimate of drug-likeness (QED) is 0.520. The van der Waals surface area contributed by atoms with Crippen molar-refractivity contribution in [3.8, 4) is 0 Å². The Morgan fingerprint density at radius 3 is 2.73 bits per heavy atom. The van der Waals surface area contributed by atoms with E-state index in [1.54, 1.807) is 12.1 Å². The number of rotatable bonds is 8. The monoisotopic (exact) mass is 474 g/mol. The lowest BCUT2D eigenvalue weighted by molar-refractivity contribution is -0.118. The largest absolute Gasteiger partial charge is 0.467 e. The molecule has 0 bridgehead atoms. The molecule has 1 aromatic carbocycles. The molecule has 9 heteroatoms. The van der Waals surface area contributed by atoms with E-state index < -0.39 is 11.2 Å². The van der Waals surface area contributed by atoms with Crippen LogP contribution in [0.25, 0.3) is 0 Å². The molecule has 0 atom stereocenters. The molecule has 2 heterocycles. The number of benzene rings is 1. The van der Waals surface area contributed by atoms with Gasteiger partial charge in [-0.15, -0.1) is 0 Å². The molecule has 2 aromatic heterocycles. The van der Waals surface area contributed by atoms with Crippen LogP contribution in [0.4, 0.5) is 11.5 Å². The first-order valence-electron chi connectivity index (χ1n) is 9.60. The highest BCUT2D eigenvalue weighted by molar-refractivity contribution is 9.10. The number of nitrogens with zero attached hydrogens (tertiary/aromatic N) is 2. The standard InChI is InChI=1S/C21H23BrN4O4/c1-2-3-9-25-19(23)18(20(28)24-21(25)29)26(13-16-8-5-10-30-16)17(27)12-14-6-4-7-15(22)11-14/h4-8,10-11H,2-3,9,12-13,23H2,1H3,(H,24,28,29). The van der Waals surface area contributed by atoms with Crippen molar-refractivity contribution in [2.24, 2.45) is 0 Å². The normalized spacial score (nSPS) is 10.9. The molecule has 3 rings (SSSR count). The summed E-state index contributed by atoms with van der Waals surface area (Å²) in [6.07, 6.45) is 3.09. The lowest BCUT2D eigenvalue weighted by atomic mass is 10.1. The topological polar surface area (TPSA) is 114 Å². The third-order valence-electron chi connectivity index (χ3n) is 4.66. The number of hydrogen-bond acceptors (Lipinski definition) is 5. The summed E-state index contributed by atoms with van der Waals surface area (Å²) in [5.74, 6) is 0.108. The number of H-pyrrole nitrogens is 1. The number of halogens is 1. The minimum absolute atomic E-state index is 0.0130. The average molecular weight is 475 g/mol. The molecule has 0 unspecified atom stereocenters. The van der Waals surface area contributed by atoms with Crippen LogP contribution < -0.4 is 21.9 Å². The molecule has 0 spiro atoms. The summed E-state index contributed by atoms with van der Waals surface area (Å²) in [5.41, 5.74) is 5.64. The van der Waals surface area contributed by atoms with E-state index in [1.807, 2.05) is 31.2 Å². The molecule has 3 aromatic rings. The molecule has 30 heavy (non-hydrogen) atoms. The summed E-state index contributed by atoms with van der Waals surface area (Å²) >= 11 is 3.39. The Morgan fingerprint density at radius 1 is 1.27 bits per heavy atom. The molecule has 1 amide bonds. The van der Waals surface area contributed by atoms with Crippen LogP contribution >= 0.6 is 15.9 Å². The van der Waals surface area contributed by atoms with E-state index in [1.165, 1.54) is 15.7 Å². The number of aromatic amines is 1. The van der Waals surface area contributed by atoms with Crippen molar-refractivity contribution in [3.63, 3.8) is 0 Å². The average Bonchev–Trinajstić information content (AvgIpc) is 3.20. The van der Waals surface area contributed by atoms with E-state index in [-0.39, 0.29) is 30.4 Å². The zero-order chi connectivity index (χ0) is 21.7. The van der Waals surface area contributed by atoms with Crippen molar-refractivity contribution in [1.82, 2.24) is 9.55 Å². The molecule has 158 valence electrons. The van der Waals surface area contributed by atoms with Gasteiger partial charge in [-0.1, -0.05) is 41.4 Å². The Kier molecular flexibility index (Phi) is 6.94. The van der Waals surface area contributed by atoms with E-state index >= 15 is 0 Å². The van der Waals surface area contributed by atoms with Gasteiger partial charge < -0.3 is 10.2 Å². The number of unbranched alkanes of at least 4 members (excludes halogenated alkanes) is 1. The van der Waals surface area contributed by atoms with Gasteiger partial charge in [0, 0.05) is 11.0 Å². The molecule has 0 fully saturated rings. The summed E-state index contributed by atoms with van der Waals surface area (Å²) in [7, 11) is 0. The van der Waals surface area contributed by atoms with Gasteiger partial charge in [0.15, 0.2) is 5.69 Å². The Labute approximate surface area is 181 Å². The molecule has 0 saturated carbocycles. The molecule has 3 N–H and O–H groups in total. The first-order valence-corrected chi connectivity index (χ1v) is 10.4. The number of anilines is 2.